The molecule has 0 radical (unpaired) electrons. The third-order valence-electron chi connectivity index (χ3n) is 1.81. The lowest BCUT2D eigenvalue weighted by Crippen LogP contribution is -2.60. The maximum absolute atomic E-state index is 5.74. The van der Waals surface area contributed by atoms with Crippen LogP contribution in [0.15, 0.2) is 24.3 Å². The Morgan fingerprint density at radius 3 is 2.67 bits per heavy atom. The maximum Gasteiger partial charge on any atom is 0.241 e. The van der Waals surface area contributed by atoms with Gasteiger partial charge in [0.15, 0.2) is 6.54 Å². The highest BCUT2D eigenvalue weighted by Gasteiger charge is 2.27. The van der Waals surface area contributed by atoms with Crippen molar-refractivity contribution in [1.82, 2.24) is 0 Å². The molecule has 64 valence electrons. The number of ether oxygens (including phenoxy) is 1. The van der Waals surface area contributed by atoms with Gasteiger partial charge in [-0.15, -0.1) is 0 Å². The van der Waals surface area contributed by atoms with Crippen molar-refractivity contribution in [1.29, 1.82) is 0 Å². The second-order valence-corrected chi connectivity index (χ2v) is 3.38. The van der Waals surface area contributed by atoms with Crippen LogP contribution in [0.1, 0.15) is 5.56 Å². The van der Waals surface area contributed by atoms with Crippen molar-refractivity contribution in [3.05, 3.63) is 34.9 Å². The van der Waals surface area contributed by atoms with Crippen molar-refractivity contribution in [2.45, 2.75) is 12.8 Å². The van der Waals surface area contributed by atoms with Crippen LogP contribution >= 0.6 is 11.6 Å². The lowest BCUT2D eigenvalue weighted by molar-refractivity contribution is -0.529. The third kappa shape index (κ3) is 2.21. The Labute approximate surface area is 76.5 Å². The molecule has 3 heteroatoms. The number of benzene rings is 1. The molecule has 1 aliphatic rings. The molecule has 0 saturated carbocycles. The third-order valence-corrected chi connectivity index (χ3v) is 2.06. The van der Waals surface area contributed by atoms with E-state index in [1.807, 2.05) is 24.3 Å². The summed E-state index contributed by atoms with van der Waals surface area (Å²) >= 11 is 5.74. The lowest BCUT2D eigenvalue weighted by Gasteiger charge is -1.98. The maximum atomic E-state index is 5.74. The van der Waals surface area contributed by atoms with Crippen molar-refractivity contribution >= 4 is 11.6 Å². The van der Waals surface area contributed by atoms with Crippen LogP contribution in [-0.4, -0.2) is 12.8 Å². The number of halogens is 1. The Balaban J connectivity index is 1.89. The second-order valence-electron chi connectivity index (χ2n) is 2.95. The Morgan fingerprint density at radius 1 is 1.42 bits per heavy atom. The predicted molar refractivity (Wildman–Crippen MR) is 46.8 cm³/mol. The van der Waals surface area contributed by atoms with Crippen molar-refractivity contribution in [2.75, 3.05) is 6.54 Å². The van der Waals surface area contributed by atoms with Gasteiger partial charge in [0.2, 0.25) is 6.23 Å². The van der Waals surface area contributed by atoms with Gasteiger partial charge in [0.25, 0.3) is 0 Å². The van der Waals surface area contributed by atoms with Crippen LogP contribution in [0.25, 0.3) is 0 Å². The molecule has 2 N–H and O–H groups in total. The summed E-state index contributed by atoms with van der Waals surface area (Å²) in [5.74, 6) is 0. The Kier molecular flexibility index (Phi) is 2.30. The summed E-state index contributed by atoms with van der Waals surface area (Å²) in [5, 5.41) is 2.92. The zero-order valence-electron chi connectivity index (χ0n) is 6.66. The van der Waals surface area contributed by atoms with E-state index in [0.29, 0.717) is 12.8 Å². The van der Waals surface area contributed by atoms with Crippen LogP contribution in [0.3, 0.4) is 0 Å². The average Bonchev–Trinajstić information content (AvgIpc) is 2.87. The zero-order chi connectivity index (χ0) is 8.39. The molecular formula is C9H11ClNO+. The molecule has 0 spiro atoms. The molecular weight excluding hydrogens is 174 g/mol. The highest BCUT2D eigenvalue weighted by Crippen LogP contribution is 2.10. The number of hydrogen-bond donors (Lipinski definition) is 1. The van der Waals surface area contributed by atoms with E-state index in [1.54, 1.807) is 0 Å². The second kappa shape index (κ2) is 3.44. The summed E-state index contributed by atoms with van der Waals surface area (Å²) in [6, 6.07) is 7.75. The van der Waals surface area contributed by atoms with Crippen LogP contribution < -0.4 is 5.32 Å². The van der Waals surface area contributed by atoms with E-state index in [4.69, 9.17) is 16.3 Å². The topological polar surface area (TPSA) is 25.8 Å². The molecule has 2 nitrogen and oxygen atoms in total. The number of hydrogen-bond acceptors (Lipinski definition) is 1. The molecule has 0 aromatic heterocycles. The van der Waals surface area contributed by atoms with Gasteiger partial charge in [-0.2, -0.15) is 0 Å². The predicted octanol–water partition coefficient (Wildman–Crippen LogP) is 0.760. The Hall–Kier alpha value is -0.570. The van der Waals surface area contributed by atoms with Crippen LogP contribution in [0, 0.1) is 0 Å². The molecule has 1 heterocycles. The van der Waals surface area contributed by atoms with Gasteiger partial charge >= 0.3 is 0 Å². The minimum Gasteiger partial charge on any atom is -0.320 e. The van der Waals surface area contributed by atoms with E-state index < -0.39 is 0 Å². The Morgan fingerprint density at radius 2 is 2.08 bits per heavy atom. The first-order valence-corrected chi connectivity index (χ1v) is 4.42. The van der Waals surface area contributed by atoms with Crippen LogP contribution in [-0.2, 0) is 11.3 Å². The monoisotopic (exact) mass is 184 g/mol. The molecule has 0 bridgehead atoms. The molecule has 2 rings (SSSR count). The molecule has 12 heavy (non-hydrogen) atoms. The van der Waals surface area contributed by atoms with Crippen molar-refractivity contribution in [3.63, 3.8) is 0 Å². The van der Waals surface area contributed by atoms with Crippen molar-refractivity contribution in [3.8, 4) is 0 Å². The Bertz CT molecular complexity index is 256. The van der Waals surface area contributed by atoms with Gasteiger partial charge in [-0.1, -0.05) is 23.7 Å². The highest BCUT2D eigenvalue weighted by molar-refractivity contribution is 6.30. The van der Waals surface area contributed by atoms with E-state index >= 15 is 0 Å². The quantitative estimate of drug-likeness (QED) is 0.690. The fourth-order valence-corrected chi connectivity index (χ4v) is 1.10. The van der Waals surface area contributed by atoms with Crippen LogP contribution in [0.5, 0.6) is 0 Å². The summed E-state index contributed by atoms with van der Waals surface area (Å²) in [6.45, 7) is 1.80. The van der Waals surface area contributed by atoms with Gasteiger partial charge in [-0.3, -0.25) is 0 Å². The summed E-state index contributed by atoms with van der Waals surface area (Å²) in [4.78, 5) is 0. The van der Waals surface area contributed by atoms with Crippen molar-refractivity contribution in [2.24, 2.45) is 0 Å². The van der Waals surface area contributed by atoms with E-state index in [1.165, 1.54) is 5.56 Å². The van der Waals surface area contributed by atoms with Gasteiger partial charge in [0, 0.05) is 5.02 Å². The molecule has 0 amide bonds. The SMILES string of the molecule is Clc1ccc(COC2C[NH2+]2)cc1. The molecule has 1 aliphatic heterocycles. The van der Waals surface area contributed by atoms with Gasteiger partial charge in [0.05, 0.1) is 6.61 Å². The summed E-state index contributed by atoms with van der Waals surface area (Å²) in [5.41, 5.74) is 1.18. The minimum absolute atomic E-state index is 0.403. The highest BCUT2D eigenvalue weighted by atomic mass is 35.5. The van der Waals surface area contributed by atoms with Crippen LogP contribution in [0.2, 0.25) is 5.02 Å². The van der Waals surface area contributed by atoms with Gasteiger partial charge in [-0.05, 0) is 17.7 Å². The standard InChI is InChI=1S/C9H10ClNO/c10-8-3-1-7(2-4-8)6-12-9-5-11-9/h1-4,9,11H,5-6H2/p+1. The van der Waals surface area contributed by atoms with E-state index in [2.05, 4.69) is 5.32 Å². The fourth-order valence-electron chi connectivity index (χ4n) is 0.976. The smallest absolute Gasteiger partial charge is 0.241 e. The number of rotatable bonds is 3. The first-order chi connectivity index (χ1) is 5.84. The average molecular weight is 185 g/mol. The van der Waals surface area contributed by atoms with Gasteiger partial charge < -0.3 is 10.1 Å². The van der Waals surface area contributed by atoms with E-state index in [9.17, 15) is 0 Å². The summed E-state index contributed by atoms with van der Waals surface area (Å²) in [7, 11) is 0. The largest absolute Gasteiger partial charge is 0.320 e. The van der Waals surface area contributed by atoms with Crippen LogP contribution in [0.4, 0.5) is 0 Å². The van der Waals surface area contributed by atoms with Gasteiger partial charge in [-0.25, -0.2) is 0 Å². The summed E-state index contributed by atoms with van der Waals surface area (Å²) < 4.78 is 5.48. The van der Waals surface area contributed by atoms with Gasteiger partial charge in [0.1, 0.15) is 0 Å². The molecule has 1 aromatic rings. The number of quaternary nitrogens is 1. The molecule has 1 aromatic carbocycles. The van der Waals surface area contributed by atoms with E-state index in [-0.39, 0.29) is 0 Å². The van der Waals surface area contributed by atoms with E-state index in [0.717, 1.165) is 11.6 Å². The normalized spacial score (nSPS) is 20.9. The minimum atomic E-state index is 0.403. The zero-order valence-corrected chi connectivity index (χ0v) is 7.42. The molecule has 1 unspecified atom stereocenters. The lowest BCUT2D eigenvalue weighted by atomic mass is 10.2. The first-order valence-electron chi connectivity index (χ1n) is 4.04. The molecule has 1 atom stereocenters. The summed E-state index contributed by atoms with van der Waals surface area (Å²) in [6.07, 6.45) is 0.403. The molecule has 0 aliphatic carbocycles. The molecule has 1 saturated heterocycles. The fraction of sp³-hybridized carbons (Fsp3) is 0.333. The molecule has 1 fully saturated rings. The first kappa shape index (κ1) is 8.05. The van der Waals surface area contributed by atoms with Crippen molar-refractivity contribution < 1.29 is 10.1 Å². The number of nitrogens with two attached hydrogens (primary N) is 1.